The van der Waals surface area contributed by atoms with Crippen LogP contribution in [0.15, 0.2) is 42.5 Å². The van der Waals surface area contributed by atoms with Crippen molar-refractivity contribution in [3.63, 3.8) is 0 Å². The number of H-pyrrole nitrogens is 1. The van der Waals surface area contributed by atoms with Crippen LogP contribution < -0.4 is 9.47 Å². The molecule has 2 unspecified atom stereocenters. The van der Waals surface area contributed by atoms with Crippen LogP contribution in [0.5, 0.6) is 11.5 Å². The van der Waals surface area contributed by atoms with Gasteiger partial charge in [-0.05, 0) is 51.8 Å². The molecule has 5 rings (SSSR count). The Morgan fingerprint density at radius 1 is 1.13 bits per heavy atom. The molecule has 8 nitrogen and oxygen atoms in total. The number of carbonyl (C=O) groups excluding carboxylic acids is 2. The molecule has 2 aliphatic rings. The summed E-state index contributed by atoms with van der Waals surface area (Å²) in [5, 5.41) is 1.04. The molecule has 3 aromatic rings. The molecule has 2 aliphatic heterocycles. The molecule has 1 N–H and O–H groups in total. The number of nitrogens with zero attached hydrogens (tertiary/aromatic N) is 2. The molecular formula is C30H37N3O5. The molecule has 1 aromatic heterocycles. The molecule has 2 amide bonds. The standard InChI is InChI=1S/C30H37N3O5/c1-6-37-27-20(12-9-14-24(27)36-5)22-17-33-25(34)18-32(15-10-16-38-19(2)3)29(35)30(33,4)28-26(22)21-11-7-8-13-23(21)31-28/h7-9,11-14,19,22,31H,6,10,15-18H2,1-5H3. The maximum Gasteiger partial charge on any atom is 0.254 e. The summed E-state index contributed by atoms with van der Waals surface area (Å²) in [4.78, 5) is 34.8. The first-order valence-corrected chi connectivity index (χ1v) is 13.4. The number of nitrogens with one attached hydrogen (secondary N) is 1. The summed E-state index contributed by atoms with van der Waals surface area (Å²) in [6.45, 7) is 9.74. The van der Waals surface area contributed by atoms with E-state index >= 15 is 0 Å². The third-order valence-electron chi connectivity index (χ3n) is 7.73. The van der Waals surface area contributed by atoms with Gasteiger partial charge in [-0.1, -0.05) is 30.3 Å². The number of carbonyl (C=O) groups is 2. The van der Waals surface area contributed by atoms with Crippen molar-refractivity contribution in [2.75, 3.05) is 40.0 Å². The van der Waals surface area contributed by atoms with Gasteiger partial charge in [0.25, 0.3) is 5.91 Å². The SMILES string of the molecule is CCOc1c(OC)cccc1C1CN2C(=O)CN(CCCOC(C)C)C(=O)C2(C)c2[nH]c3ccccc3c21. The average molecular weight is 520 g/mol. The zero-order valence-electron chi connectivity index (χ0n) is 22.9. The van der Waals surface area contributed by atoms with Gasteiger partial charge < -0.3 is 29.0 Å². The molecule has 0 spiro atoms. The van der Waals surface area contributed by atoms with Gasteiger partial charge in [0, 0.05) is 42.1 Å². The molecule has 0 aliphatic carbocycles. The number of aromatic nitrogens is 1. The number of aromatic amines is 1. The lowest BCUT2D eigenvalue weighted by molar-refractivity contribution is -0.166. The van der Waals surface area contributed by atoms with E-state index in [2.05, 4.69) is 11.1 Å². The van der Waals surface area contributed by atoms with Crippen molar-refractivity contribution in [1.29, 1.82) is 0 Å². The Labute approximate surface area is 223 Å². The quantitative estimate of drug-likeness (QED) is 0.423. The molecule has 38 heavy (non-hydrogen) atoms. The van der Waals surface area contributed by atoms with Crippen molar-refractivity contribution in [2.24, 2.45) is 0 Å². The molecule has 0 bridgehead atoms. The highest BCUT2D eigenvalue weighted by atomic mass is 16.5. The number of methoxy groups -OCH3 is 1. The van der Waals surface area contributed by atoms with Gasteiger partial charge >= 0.3 is 0 Å². The van der Waals surface area contributed by atoms with E-state index in [1.165, 1.54) is 0 Å². The van der Waals surface area contributed by atoms with E-state index < -0.39 is 5.54 Å². The Bertz CT molecular complexity index is 1350. The maximum absolute atomic E-state index is 14.1. The van der Waals surface area contributed by atoms with Gasteiger partial charge in [-0.3, -0.25) is 9.59 Å². The molecule has 8 heteroatoms. The van der Waals surface area contributed by atoms with Crippen molar-refractivity contribution >= 4 is 22.7 Å². The van der Waals surface area contributed by atoms with Gasteiger partial charge in [-0.25, -0.2) is 0 Å². The fourth-order valence-corrected chi connectivity index (χ4v) is 5.98. The fraction of sp³-hybridized carbons (Fsp3) is 0.467. The summed E-state index contributed by atoms with van der Waals surface area (Å²) < 4.78 is 17.4. The number of fused-ring (bicyclic) bond motifs is 5. The lowest BCUT2D eigenvalue weighted by Gasteiger charge is -2.51. The van der Waals surface area contributed by atoms with Crippen molar-refractivity contribution < 1.29 is 23.8 Å². The molecule has 0 radical (unpaired) electrons. The summed E-state index contributed by atoms with van der Waals surface area (Å²) in [6.07, 6.45) is 0.806. The molecule has 202 valence electrons. The predicted molar refractivity (Wildman–Crippen MR) is 146 cm³/mol. The highest BCUT2D eigenvalue weighted by Crippen LogP contribution is 2.50. The van der Waals surface area contributed by atoms with Crippen LogP contribution in [0.2, 0.25) is 0 Å². The van der Waals surface area contributed by atoms with Gasteiger partial charge in [0.15, 0.2) is 17.0 Å². The van der Waals surface area contributed by atoms with Crippen LogP contribution in [0.25, 0.3) is 10.9 Å². The van der Waals surface area contributed by atoms with Crippen LogP contribution in [0.1, 0.15) is 56.9 Å². The van der Waals surface area contributed by atoms with Gasteiger partial charge in [-0.2, -0.15) is 0 Å². The van der Waals surface area contributed by atoms with E-state index in [9.17, 15) is 9.59 Å². The molecule has 3 heterocycles. The normalized spacial score (nSPS) is 21.2. The minimum absolute atomic E-state index is 0.0629. The second-order valence-electron chi connectivity index (χ2n) is 10.4. The lowest BCUT2D eigenvalue weighted by Crippen LogP contribution is -2.67. The van der Waals surface area contributed by atoms with E-state index in [0.717, 1.165) is 27.7 Å². The van der Waals surface area contributed by atoms with Crippen molar-refractivity contribution in [1.82, 2.24) is 14.8 Å². The monoisotopic (exact) mass is 519 g/mol. The Morgan fingerprint density at radius 3 is 2.66 bits per heavy atom. The zero-order chi connectivity index (χ0) is 27.0. The van der Waals surface area contributed by atoms with Gasteiger partial charge in [0.1, 0.15) is 0 Å². The number of rotatable bonds is 9. The van der Waals surface area contributed by atoms with Crippen LogP contribution in [0, 0.1) is 0 Å². The summed E-state index contributed by atoms with van der Waals surface area (Å²) in [7, 11) is 1.63. The Balaban J connectivity index is 1.63. The first kappa shape index (κ1) is 26.1. The Morgan fingerprint density at radius 2 is 1.92 bits per heavy atom. The van der Waals surface area contributed by atoms with E-state index in [-0.39, 0.29) is 30.4 Å². The second kappa shape index (κ2) is 10.3. The predicted octanol–water partition coefficient (Wildman–Crippen LogP) is 4.42. The summed E-state index contributed by atoms with van der Waals surface area (Å²) in [5.74, 6) is 0.990. The number of piperazine rings is 1. The molecular weight excluding hydrogens is 482 g/mol. The molecule has 1 fully saturated rings. The number of para-hydroxylation sites is 2. The maximum atomic E-state index is 14.1. The van der Waals surface area contributed by atoms with Crippen LogP contribution in [-0.4, -0.2) is 72.7 Å². The van der Waals surface area contributed by atoms with Gasteiger partial charge in [0.2, 0.25) is 5.91 Å². The van der Waals surface area contributed by atoms with Crippen LogP contribution in [0.4, 0.5) is 0 Å². The molecule has 0 saturated carbocycles. The second-order valence-corrected chi connectivity index (χ2v) is 10.4. The fourth-order valence-electron chi connectivity index (χ4n) is 5.98. The minimum atomic E-state index is -1.14. The summed E-state index contributed by atoms with van der Waals surface area (Å²) >= 11 is 0. The van der Waals surface area contributed by atoms with Gasteiger partial charge in [-0.15, -0.1) is 0 Å². The summed E-state index contributed by atoms with van der Waals surface area (Å²) in [6, 6.07) is 13.9. The summed E-state index contributed by atoms with van der Waals surface area (Å²) in [5.41, 5.74) is 2.53. The minimum Gasteiger partial charge on any atom is -0.493 e. The van der Waals surface area contributed by atoms with Gasteiger partial charge in [0.05, 0.1) is 32.1 Å². The lowest BCUT2D eigenvalue weighted by atomic mass is 9.76. The first-order valence-electron chi connectivity index (χ1n) is 13.4. The third kappa shape index (κ3) is 4.21. The van der Waals surface area contributed by atoms with Crippen molar-refractivity contribution in [2.45, 2.75) is 51.7 Å². The molecule has 2 aromatic carbocycles. The van der Waals surface area contributed by atoms with Crippen molar-refractivity contribution in [3.05, 3.63) is 59.3 Å². The number of hydrogen-bond donors (Lipinski definition) is 1. The average Bonchev–Trinajstić information content (AvgIpc) is 3.30. The highest BCUT2D eigenvalue weighted by molar-refractivity contribution is 6.01. The van der Waals surface area contributed by atoms with E-state index in [1.807, 2.05) is 64.1 Å². The number of hydrogen-bond acceptors (Lipinski definition) is 5. The van der Waals surface area contributed by atoms with Crippen LogP contribution in [0.3, 0.4) is 0 Å². The third-order valence-corrected chi connectivity index (χ3v) is 7.73. The zero-order valence-corrected chi connectivity index (χ0v) is 22.9. The van der Waals surface area contributed by atoms with E-state index in [1.54, 1.807) is 16.9 Å². The topological polar surface area (TPSA) is 84.1 Å². The highest BCUT2D eigenvalue weighted by Gasteiger charge is 2.56. The number of amides is 2. The smallest absolute Gasteiger partial charge is 0.254 e. The Kier molecular flexibility index (Phi) is 7.09. The number of ether oxygens (including phenoxy) is 3. The molecule has 1 saturated heterocycles. The first-order chi connectivity index (χ1) is 18.3. The van der Waals surface area contributed by atoms with Crippen molar-refractivity contribution in [3.8, 4) is 11.5 Å². The van der Waals surface area contributed by atoms with E-state index in [4.69, 9.17) is 14.2 Å². The largest absolute Gasteiger partial charge is 0.493 e. The van der Waals surface area contributed by atoms with Crippen LogP contribution >= 0.6 is 0 Å². The van der Waals surface area contributed by atoms with E-state index in [0.29, 0.717) is 44.2 Å². The Hall–Kier alpha value is -3.52. The number of benzene rings is 2. The van der Waals surface area contributed by atoms with Crippen LogP contribution in [-0.2, 0) is 19.9 Å². The molecule has 2 atom stereocenters.